The van der Waals surface area contributed by atoms with Crippen LogP contribution in [0.2, 0.25) is 0 Å². The van der Waals surface area contributed by atoms with E-state index in [1.54, 1.807) is 0 Å². The minimum atomic E-state index is 0.540. The van der Waals surface area contributed by atoms with Gasteiger partial charge in [0, 0.05) is 36.9 Å². The Hall–Kier alpha value is -1.10. The standard InChI is InChI=1S/C16H23N3S/c1-18-8-4-6-14(18)12-17-13-15(16-7-5-11-20-16)19-9-2-3-10-19/h4-8,11,15,17H,2-3,9-10,12-13H2,1H3. The Labute approximate surface area is 125 Å². The maximum atomic E-state index is 3.64. The molecule has 4 heteroatoms. The maximum Gasteiger partial charge on any atom is 0.0566 e. The fourth-order valence-corrected chi connectivity index (χ4v) is 3.82. The summed E-state index contributed by atoms with van der Waals surface area (Å²) in [5.41, 5.74) is 1.34. The van der Waals surface area contributed by atoms with Gasteiger partial charge in [0.05, 0.1) is 6.04 Å². The first kappa shape index (κ1) is 13.9. The van der Waals surface area contributed by atoms with Crippen LogP contribution in [0.15, 0.2) is 35.8 Å². The Bertz CT molecular complexity index is 512. The summed E-state index contributed by atoms with van der Waals surface area (Å²) in [6.07, 6.45) is 4.80. The predicted molar refractivity (Wildman–Crippen MR) is 85.0 cm³/mol. The van der Waals surface area contributed by atoms with E-state index in [1.165, 1.54) is 36.5 Å². The SMILES string of the molecule is Cn1cccc1CNCC(c1cccs1)N1CCCC1. The summed E-state index contributed by atoms with van der Waals surface area (Å²) in [5, 5.41) is 5.83. The molecule has 3 nitrogen and oxygen atoms in total. The molecule has 1 unspecified atom stereocenters. The third-order valence-electron chi connectivity index (χ3n) is 4.15. The van der Waals surface area contributed by atoms with E-state index in [0.717, 1.165) is 13.1 Å². The summed E-state index contributed by atoms with van der Waals surface area (Å²) in [4.78, 5) is 4.12. The lowest BCUT2D eigenvalue weighted by Crippen LogP contribution is -2.33. The average molecular weight is 289 g/mol. The van der Waals surface area contributed by atoms with Gasteiger partial charge in [-0.15, -0.1) is 11.3 Å². The van der Waals surface area contributed by atoms with Crippen LogP contribution in [0.3, 0.4) is 0 Å². The van der Waals surface area contributed by atoms with Crippen LogP contribution in [-0.4, -0.2) is 29.1 Å². The molecular formula is C16H23N3S. The van der Waals surface area contributed by atoms with E-state index in [9.17, 15) is 0 Å². The van der Waals surface area contributed by atoms with Crippen molar-refractivity contribution in [2.24, 2.45) is 7.05 Å². The first-order valence-corrected chi connectivity index (χ1v) is 8.31. The van der Waals surface area contributed by atoms with Crippen molar-refractivity contribution in [2.75, 3.05) is 19.6 Å². The van der Waals surface area contributed by atoms with Crippen LogP contribution in [0.4, 0.5) is 0 Å². The number of hydrogen-bond acceptors (Lipinski definition) is 3. The summed E-state index contributed by atoms with van der Waals surface area (Å²) in [6.45, 7) is 4.47. The highest BCUT2D eigenvalue weighted by Crippen LogP contribution is 2.27. The molecule has 3 heterocycles. The molecule has 0 radical (unpaired) electrons. The van der Waals surface area contributed by atoms with Gasteiger partial charge in [-0.05, 0) is 49.5 Å². The van der Waals surface area contributed by atoms with Crippen molar-refractivity contribution in [1.82, 2.24) is 14.8 Å². The van der Waals surface area contributed by atoms with E-state index in [-0.39, 0.29) is 0 Å². The first-order valence-electron chi connectivity index (χ1n) is 7.43. The zero-order valence-electron chi connectivity index (χ0n) is 12.1. The van der Waals surface area contributed by atoms with Gasteiger partial charge < -0.3 is 9.88 Å². The van der Waals surface area contributed by atoms with Crippen LogP contribution in [0.1, 0.15) is 29.5 Å². The number of aryl methyl sites for hydroxylation is 1. The lowest BCUT2D eigenvalue weighted by atomic mass is 10.2. The second-order valence-electron chi connectivity index (χ2n) is 5.52. The monoisotopic (exact) mass is 289 g/mol. The molecule has 0 aromatic carbocycles. The molecule has 0 aliphatic carbocycles. The van der Waals surface area contributed by atoms with Gasteiger partial charge in [0.2, 0.25) is 0 Å². The summed E-state index contributed by atoms with van der Waals surface area (Å²) in [5.74, 6) is 0. The highest BCUT2D eigenvalue weighted by molar-refractivity contribution is 7.10. The molecule has 20 heavy (non-hydrogen) atoms. The van der Waals surface area contributed by atoms with Gasteiger partial charge in [-0.3, -0.25) is 4.90 Å². The van der Waals surface area contributed by atoms with Crippen molar-refractivity contribution in [1.29, 1.82) is 0 Å². The van der Waals surface area contributed by atoms with Crippen LogP contribution in [0.25, 0.3) is 0 Å². The molecule has 0 bridgehead atoms. The number of nitrogens with zero attached hydrogens (tertiary/aromatic N) is 2. The molecule has 0 amide bonds. The Morgan fingerprint density at radius 1 is 1.25 bits per heavy atom. The summed E-state index contributed by atoms with van der Waals surface area (Å²) in [7, 11) is 2.11. The van der Waals surface area contributed by atoms with Gasteiger partial charge in [0.15, 0.2) is 0 Å². The normalized spacial score (nSPS) is 17.6. The molecule has 2 aromatic heterocycles. The van der Waals surface area contributed by atoms with Gasteiger partial charge in [-0.2, -0.15) is 0 Å². The number of hydrogen-bond donors (Lipinski definition) is 1. The van der Waals surface area contributed by atoms with Crippen LogP contribution in [0, 0.1) is 0 Å². The smallest absolute Gasteiger partial charge is 0.0566 e. The van der Waals surface area contributed by atoms with Gasteiger partial charge in [-0.25, -0.2) is 0 Å². The van der Waals surface area contributed by atoms with E-state index in [2.05, 4.69) is 57.7 Å². The van der Waals surface area contributed by atoms with Gasteiger partial charge >= 0.3 is 0 Å². The minimum Gasteiger partial charge on any atom is -0.353 e. The maximum absolute atomic E-state index is 3.64. The summed E-state index contributed by atoms with van der Waals surface area (Å²) < 4.78 is 2.18. The van der Waals surface area contributed by atoms with Crippen molar-refractivity contribution in [2.45, 2.75) is 25.4 Å². The molecule has 1 aliphatic rings. The molecule has 108 valence electrons. The molecule has 0 spiro atoms. The van der Waals surface area contributed by atoms with Crippen molar-refractivity contribution < 1.29 is 0 Å². The third-order valence-corrected chi connectivity index (χ3v) is 5.12. The van der Waals surface area contributed by atoms with Crippen molar-refractivity contribution >= 4 is 11.3 Å². The third kappa shape index (κ3) is 3.14. The van der Waals surface area contributed by atoms with Crippen LogP contribution < -0.4 is 5.32 Å². The zero-order valence-corrected chi connectivity index (χ0v) is 12.9. The van der Waals surface area contributed by atoms with Gasteiger partial charge in [-0.1, -0.05) is 6.07 Å². The summed E-state index contributed by atoms with van der Waals surface area (Å²) >= 11 is 1.88. The number of rotatable bonds is 6. The Morgan fingerprint density at radius 3 is 2.75 bits per heavy atom. The number of aromatic nitrogens is 1. The number of thiophene rings is 1. The van der Waals surface area contributed by atoms with Crippen molar-refractivity contribution in [3.63, 3.8) is 0 Å². The molecule has 1 N–H and O–H groups in total. The van der Waals surface area contributed by atoms with E-state index < -0.39 is 0 Å². The van der Waals surface area contributed by atoms with Crippen molar-refractivity contribution in [3.05, 3.63) is 46.4 Å². The number of likely N-dealkylation sites (tertiary alicyclic amines) is 1. The summed E-state index contributed by atoms with van der Waals surface area (Å²) in [6, 6.07) is 9.27. The lowest BCUT2D eigenvalue weighted by Gasteiger charge is -2.27. The predicted octanol–water partition coefficient (Wildman–Crippen LogP) is 3.01. The quantitative estimate of drug-likeness (QED) is 0.882. The van der Waals surface area contributed by atoms with E-state index in [0.29, 0.717) is 6.04 Å². The molecule has 2 aromatic rings. The van der Waals surface area contributed by atoms with Crippen LogP contribution in [-0.2, 0) is 13.6 Å². The molecular weight excluding hydrogens is 266 g/mol. The zero-order chi connectivity index (χ0) is 13.8. The number of nitrogens with one attached hydrogen (secondary N) is 1. The second kappa shape index (κ2) is 6.57. The molecule has 0 saturated carbocycles. The van der Waals surface area contributed by atoms with Gasteiger partial charge in [0.1, 0.15) is 0 Å². The van der Waals surface area contributed by atoms with E-state index in [1.807, 2.05) is 11.3 Å². The van der Waals surface area contributed by atoms with Gasteiger partial charge in [0.25, 0.3) is 0 Å². The Balaban J connectivity index is 1.60. The molecule has 1 saturated heterocycles. The molecule has 3 rings (SSSR count). The molecule has 1 aliphatic heterocycles. The molecule has 1 fully saturated rings. The van der Waals surface area contributed by atoms with Crippen molar-refractivity contribution in [3.8, 4) is 0 Å². The van der Waals surface area contributed by atoms with E-state index >= 15 is 0 Å². The molecule has 1 atom stereocenters. The second-order valence-corrected chi connectivity index (χ2v) is 6.49. The topological polar surface area (TPSA) is 20.2 Å². The van der Waals surface area contributed by atoms with E-state index in [4.69, 9.17) is 0 Å². The highest BCUT2D eigenvalue weighted by atomic mass is 32.1. The fourth-order valence-electron chi connectivity index (χ4n) is 2.96. The highest BCUT2D eigenvalue weighted by Gasteiger charge is 2.23. The average Bonchev–Trinajstić information content (AvgIpc) is 3.18. The Kier molecular flexibility index (Phi) is 4.55. The fraction of sp³-hybridized carbons (Fsp3) is 0.500. The lowest BCUT2D eigenvalue weighted by molar-refractivity contribution is 0.241. The van der Waals surface area contributed by atoms with Crippen LogP contribution in [0.5, 0.6) is 0 Å². The Morgan fingerprint density at radius 2 is 2.10 bits per heavy atom. The minimum absolute atomic E-state index is 0.540. The largest absolute Gasteiger partial charge is 0.353 e. The first-order chi connectivity index (χ1) is 9.84. The van der Waals surface area contributed by atoms with Crippen LogP contribution >= 0.6 is 11.3 Å².